The normalized spacial score (nSPS) is 16.9. The number of hydrogen-bond acceptors (Lipinski definition) is 3. The maximum atomic E-state index is 13.6. The second-order valence-electron chi connectivity index (χ2n) is 4.39. The Kier molecular flexibility index (Phi) is 4.14. The second kappa shape index (κ2) is 5.63. The number of anilines is 1. The molecule has 1 fully saturated rings. The predicted octanol–water partition coefficient (Wildman–Crippen LogP) is 1.96. The van der Waals surface area contributed by atoms with Crippen molar-refractivity contribution in [1.29, 1.82) is 0 Å². The van der Waals surface area contributed by atoms with Gasteiger partial charge in [0.05, 0.1) is 13.2 Å². The van der Waals surface area contributed by atoms with Crippen LogP contribution in [0.3, 0.4) is 0 Å². The van der Waals surface area contributed by atoms with Crippen LogP contribution in [0.2, 0.25) is 0 Å². The van der Waals surface area contributed by atoms with Gasteiger partial charge >= 0.3 is 0 Å². The number of benzene rings is 1. The smallest absolute Gasteiger partial charge is 0.274 e. The summed E-state index contributed by atoms with van der Waals surface area (Å²) in [5.41, 5.74) is 6.19. The molecule has 18 heavy (non-hydrogen) atoms. The third-order valence-electron chi connectivity index (χ3n) is 3.12. The number of nitrogens with two attached hydrogens (primary N) is 1. The minimum absolute atomic E-state index is 0.0157. The minimum atomic E-state index is -2.84. The quantitative estimate of drug-likeness (QED) is 0.895. The largest absolute Gasteiger partial charge is 0.378 e. The van der Waals surface area contributed by atoms with Gasteiger partial charge in [-0.2, -0.15) is 0 Å². The van der Waals surface area contributed by atoms with E-state index < -0.39 is 5.92 Å². The number of rotatable bonds is 4. The first-order valence-corrected chi connectivity index (χ1v) is 6.14. The lowest BCUT2D eigenvalue weighted by atomic mass is 10.0. The fourth-order valence-electron chi connectivity index (χ4n) is 2.06. The van der Waals surface area contributed by atoms with Crippen molar-refractivity contribution in [2.75, 3.05) is 37.7 Å². The molecule has 0 unspecified atom stereocenters. The SMILES string of the molecule is NCCC(F)(F)c1ccc(N2CCOCC2)cc1. The summed E-state index contributed by atoms with van der Waals surface area (Å²) in [4.78, 5) is 2.13. The summed E-state index contributed by atoms with van der Waals surface area (Å²) in [6.07, 6.45) is -0.316. The molecule has 2 N–H and O–H groups in total. The van der Waals surface area contributed by atoms with E-state index in [2.05, 4.69) is 4.90 Å². The van der Waals surface area contributed by atoms with Crippen molar-refractivity contribution in [3.8, 4) is 0 Å². The highest BCUT2D eigenvalue weighted by atomic mass is 19.3. The van der Waals surface area contributed by atoms with Gasteiger partial charge in [0, 0.05) is 30.8 Å². The Hall–Kier alpha value is -1.20. The van der Waals surface area contributed by atoms with Crippen LogP contribution in [0.15, 0.2) is 24.3 Å². The minimum Gasteiger partial charge on any atom is -0.378 e. The van der Waals surface area contributed by atoms with Crippen LogP contribution < -0.4 is 10.6 Å². The molecule has 2 rings (SSSR count). The summed E-state index contributed by atoms with van der Waals surface area (Å²) in [5, 5.41) is 0. The van der Waals surface area contributed by atoms with E-state index in [-0.39, 0.29) is 18.5 Å². The summed E-state index contributed by atoms with van der Waals surface area (Å²) in [5.74, 6) is -2.84. The number of alkyl halides is 2. The molecular formula is C13H18F2N2O. The molecule has 100 valence electrons. The lowest BCUT2D eigenvalue weighted by Crippen LogP contribution is -2.36. The van der Waals surface area contributed by atoms with Crippen molar-refractivity contribution in [2.24, 2.45) is 5.73 Å². The van der Waals surface area contributed by atoms with E-state index in [0.29, 0.717) is 13.2 Å². The zero-order chi connectivity index (χ0) is 13.0. The first kappa shape index (κ1) is 13.2. The van der Waals surface area contributed by atoms with Crippen LogP contribution in [0.1, 0.15) is 12.0 Å². The molecule has 1 aliphatic rings. The van der Waals surface area contributed by atoms with Gasteiger partial charge in [0.15, 0.2) is 0 Å². The Bertz CT molecular complexity index is 375. The van der Waals surface area contributed by atoms with Gasteiger partial charge in [-0.25, -0.2) is 8.78 Å². The number of nitrogens with zero attached hydrogens (tertiary/aromatic N) is 1. The third kappa shape index (κ3) is 2.97. The number of morpholine rings is 1. The summed E-state index contributed by atoms with van der Waals surface area (Å²) in [6, 6.07) is 6.46. The summed E-state index contributed by atoms with van der Waals surface area (Å²) >= 11 is 0. The standard InChI is InChI=1S/C13H18F2N2O/c14-13(15,5-6-16)11-1-3-12(4-2-11)17-7-9-18-10-8-17/h1-4H,5-10,16H2. The Balaban J connectivity index is 2.09. The molecule has 1 aliphatic heterocycles. The number of halogens is 2. The van der Waals surface area contributed by atoms with Crippen LogP contribution in [-0.2, 0) is 10.7 Å². The van der Waals surface area contributed by atoms with Crippen LogP contribution in [-0.4, -0.2) is 32.8 Å². The van der Waals surface area contributed by atoms with E-state index in [4.69, 9.17) is 10.5 Å². The summed E-state index contributed by atoms with van der Waals surface area (Å²) in [6.45, 7) is 2.96. The van der Waals surface area contributed by atoms with Crippen molar-refractivity contribution in [2.45, 2.75) is 12.3 Å². The molecule has 3 nitrogen and oxygen atoms in total. The molecule has 5 heteroatoms. The number of ether oxygens (including phenoxy) is 1. The first-order valence-electron chi connectivity index (χ1n) is 6.14. The lowest BCUT2D eigenvalue weighted by Gasteiger charge is -2.29. The maximum absolute atomic E-state index is 13.6. The molecule has 0 aromatic heterocycles. The van der Waals surface area contributed by atoms with E-state index in [0.717, 1.165) is 18.8 Å². The zero-order valence-corrected chi connectivity index (χ0v) is 10.2. The van der Waals surface area contributed by atoms with Gasteiger partial charge in [0.1, 0.15) is 0 Å². The van der Waals surface area contributed by atoms with Crippen molar-refractivity contribution in [3.05, 3.63) is 29.8 Å². The average molecular weight is 256 g/mol. The average Bonchev–Trinajstić information content (AvgIpc) is 2.40. The van der Waals surface area contributed by atoms with Crippen LogP contribution in [0.5, 0.6) is 0 Å². The van der Waals surface area contributed by atoms with Crippen molar-refractivity contribution < 1.29 is 13.5 Å². The van der Waals surface area contributed by atoms with Gasteiger partial charge < -0.3 is 15.4 Å². The molecule has 0 spiro atoms. The van der Waals surface area contributed by atoms with E-state index in [1.54, 1.807) is 12.1 Å². The summed E-state index contributed by atoms with van der Waals surface area (Å²) in [7, 11) is 0. The Labute approximate surface area is 106 Å². The van der Waals surface area contributed by atoms with E-state index in [1.165, 1.54) is 12.1 Å². The summed E-state index contributed by atoms with van der Waals surface area (Å²) < 4.78 is 32.5. The molecule has 1 aromatic rings. The van der Waals surface area contributed by atoms with Crippen molar-refractivity contribution >= 4 is 5.69 Å². The molecule has 0 bridgehead atoms. The van der Waals surface area contributed by atoms with E-state index >= 15 is 0 Å². The monoisotopic (exact) mass is 256 g/mol. The number of hydrogen-bond donors (Lipinski definition) is 1. The zero-order valence-electron chi connectivity index (χ0n) is 10.2. The second-order valence-corrected chi connectivity index (χ2v) is 4.39. The van der Waals surface area contributed by atoms with E-state index in [9.17, 15) is 8.78 Å². The van der Waals surface area contributed by atoms with Gasteiger partial charge in [0.2, 0.25) is 0 Å². The molecule has 0 aliphatic carbocycles. The van der Waals surface area contributed by atoms with Crippen LogP contribution >= 0.6 is 0 Å². The van der Waals surface area contributed by atoms with Gasteiger partial charge in [-0.15, -0.1) is 0 Å². The molecule has 1 saturated heterocycles. The van der Waals surface area contributed by atoms with Crippen LogP contribution in [0.4, 0.5) is 14.5 Å². The molecule has 0 saturated carbocycles. The van der Waals surface area contributed by atoms with Gasteiger partial charge in [-0.05, 0) is 18.7 Å². The van der Waals surface area contributed by atoms with Gasteiger partial charge in [0.25, 0.3) is 5.92 Å². The third-order valence-corrected chi connectivity index (χ3v) is 3.12. The van der Waals surface area contributed by atoms with Gasteiger partial charge in [-0.3, -0.25) is 0 Å². The molecule has 1 aromatic carbocycles. The molecule has 0 amide bonds. The maximum Gasteiger partial charge on any atom is 0.274 e. The molecule has 0 radical (unpaired) electrons. The highest BCUT2D eigenvalue weighted by Gasteiger charge is 2.30. The van der Waals surface area contributed by atoms with Crippen LogP contribution in [0.25, 0.3) is 0 Å². The van der Waals surface area contributed by atoms with Gasteiger partial charge in [-0.1, -0.05) is 12.1 Å². The predicted molar refractivity (Wildman–Crippen MR) is 67.0 cm³/mol. The van der Waals surface area contributed by atoms with Crippen LogP contribution in [0, 0.1) is 0 Å². The fourth-order valence-corrected chi connectivity index (χ4v) is 2.06. The molecule has 1 heterocycles. The Morgan fingerprint density at radius 2 is 1.78 bits per heavy atom. The van der Waals surface area contributed by atoms with Crippen molar-refractivity contribution in [1.82, 2.24) is 0 Å². The fraction of sp³-hybridized carbons (Fsp3) is 0.538. The van der Waals surface area contributed by atoms with E-state index in [1.807, 2.05) is 0 Å². The Morgan fingerprint density at radius 1 is 1.17 bits per heavy atom. The van der Waals surface area contributed by atoms with Crippen molar-refractivity contribution in [3.63, 3.8) is 0 Å². The topological polar surface area (TPSA) is 38.5 Å². The lowest BCUT2D eigenvalue weighted by molar-refractivity contribution is -0.0107. The highest BCUT2D eigenvalue weighted by molar-refractivity contribution is 5.48. The first-order chi connectivity index (χ1) is 8.63. The molecule has 0 atom stereocenters. The molecular weight excluding hydrogens is 238 g/mol. The highest BCUT2D eigenvalue weighted by Crippen LogP contribution is 2.32. The Morgan fingerprint density at radius 3 is 2.33 bits per heavy atom.